The summed E-state index contributed by atoms with van der Waals surface area (Å²) in [5.41, 5.74) is 0.757. The van der Waals surface area contributed by atoms with E-state index in [0.717, 1.165) is 43.1 Å². The molecule has 108 valence electrons. The molecule has 1 N–H and O–H groups in total. The molecule has 2 fully saturated rings. The third-order valence-electron chi connectivity index (χ3n) is 4.76. The number of nitrogens with zero attached hydrogens (tertiary/aromatic N) is 2. The minimum absolute atomic E-state index is 0.00197. The fourth-order valence-corrected chi connectivity index (χ4v) is 3.46. The van der Waals surface area contributed by atoms with E-state index in [1.165, 1.54) is 0 Å². The van der Waals surface area contributed by atoms with E-state index in [-0.39, 0.29) is 11.9 Å². The van der Waals surface area contributed by atoms with Crippen molar-refractivity contribution in [1.82, 2.24) is 9.88 Å². The first-order valence-electron chi connectivity index (χ1n) is 7.56. The maximum atomic E-state index is 12.9. The molecule has 4 nitrogen and oxygen atoms in total. The van der Waals surface area contributed by atoms with Gasteiger partial charge in [0, 0.05) is 18.1 Å². The van der Waals surface area contributed by atoms with Crippen LogP contribution in [0.25, 0.3) is 10.9 Å². The Hall–Kier alpha value is -1.94. The summed E-state index contributed by atoms with van der Waals surface area (Å²) in [6.07, 6.45) is 5.22. The number of benzene rings is 1. The molecule has 2 heterocycles. The highest BCUT2D eigenvalue weighted by molar-refractivity contribution is 6.05. The van der Waals surface area contributed by atoms with Crippen LogP contribution in [0.2, 0.25) is 0 Å². The first kappa shape index (κ1) is 12.8. The van der Waals surface area contributed by atoms with Gasteiger partial charge in [0.25, 0.3) is 5.91 Å². The number of aromatic nitrogens is 1. The van der Waals surface area contributed by atoms with E-state index in [4.69, 9.17) is 0 Å². The molecule has 0 spiro atoms. The number of rotatable bonds is 2. The molecule has 1 aliphatic heterocycles. The Bertz CT molecular complexity index is 704. The summed E-state index contributed by atoms with van der Waals surface area (Å²) < 4.78 is 0. The number of amides is 1. The van der Waals surface area contributed by atoms with Gasteiger partial charge in [0.05, 0.1) is 22.7 Å². The predicted molar refractivity (Wildman–Crippen MR) is 80.0 cm³/mol. The molecule has 1 saturated carbocycles. The van der Waals surface area contributed by atoms with Crippen LogP contribution in [-0.4, -0.2) is 39.1 Å². The van der Waals surface area contributed by atoms with Crippen molar-refractivity contribution in [2.75, 3.05) is 6.54 Å². The van der Waals surface area contributed by atoms with Crippen molar-refractivity contribution in [1.29, 1.82) is 0 Å². The van der Waals surface area contributed by atoms with Crippen LogP contribution in [0.4, 0.5) is 0 Å². The average Bonchev–Trinajstić information content (AvgIpc) is 3.07. The number of fused-ring (bicyclic) bond motifs is 1. The second kappa shape index (κ2) is 4.53. The van der Waals surface area contributed by atoms with Crippen molar-refractivity contribution < 1.29 is 9.90 Å². The molecule has 1 aromatic heterocycles. The van der Waals surface area contributed by atoms with E-state index >= 15 is 0 Å². The summed E-state index contributed by atoms with van der Waals surface area (Å²) in [4.78, 5) is 19.1. The number of carbonyl (C=O) groups is 1. The van der Waals surface area contributed by atoms with Gasteiger partial charge in [-0.2, -0.15) is 0 Å². The molecule has 1 amide bonds. The van der Waals surface area contributed by atoms with Crippen molar-refractivity contribution in [3.63, 3.8) is 0 Å². The van der Waals surface area contributed by atoms with E-state index in [0.29, 0.717) is 5.56 Å². The van der Waals surface area contributed by atoms with Gasteiger partial charge in [-0.25, -0.2) is 0 Å². The van der Waals surface area contributed by atoms with Gasteiger partial charge in [0.2, 0.25) is 0 Å². The van der Waals surface area contributed by atoms with Crippen molar-refractivity contribution in [2.45, 2.75) is 37.3 Å². The van der Waals surface area contributed by atoms with Gasteiger partial charge < -0.3 is 10.0 Å². The predicted octanol–water partition coefficient (Wildman–Crippen LogP) is 2.36. The zero-order valence-electron chi connectivity index (χ0n) is 11.8. The molecule has 4 heteroatoms. The first-order valence-corrected chi connectivity index (χ1v) is 7.56. The number of hydrogen-bond donors (Lipinski definition) is 1. The molecule has 21 heavy (non-hydrogen) atoms. The smallest absolute Gasteiger partial charge is 0.256 e. The Morgan fingerprint density at radius 2 is 2.10 bits per heavy atom. The van der Waals surface area contributed by atoms with Gasteiger partial charge in [-0.3, -0.25) is 9.78 Å². The SMILES string of the molecule is O=C(c1cccc2cccnc12)N1CCCC1C1(O)CC1. The maximum Gasteiger partial charge on any atom is 0.256 e. The van der Waals surface area contributed by atoms with Gasteiger partial charge in [0.1, 0.15) is 0 Å². The van der Waals surface area contributed by atoms with Crippen LogP contribution >= 0.6 is 0 Å². The van der Waals surface area contributed by atoms with E-state index in [1.54, 1.807) is 6.20 Å². The van der Waals surface area contributed by atoms with Crippen molar-refractivity contribution in [3.8, 4) is 0 Å². The van der Waals surface area contributed by atoms with Crippen molar-refractivity contribution in [3.05, 3.63) is 42.1 Å². The summed E-state index contributed by atoms with van der Waals surface area (Å²) in [7, 11) is 0. The summed E-state index contributed by atoms with van der Waals surface area (Å²) in [6, 6.07) is 9.52. The third kappa shape index (κ3) is 2.02. The summed E-state index contributed by atoms with van der Waals surface area (Å²) in [6.45, 7) is 0.731. The minimum Gasteiger partial charge on any atom is -0.388 e. The van der Waals surface area contributed by atoms with Crippen LogP contribution in [0.15, 0.2) is 36.5 Å². The second-order valence-electron chi connectivity index (χ2n) is 6.14. The van der Waals surface area contributed by atoms with E-state index in [1.807, 2.05) is 35.2 Å². The number of hydrogen-bond acceptors (Lipinski definition) is 3. The van der Waals surface area contributed by atoms with Crippen LogP contribution in [0.3, 0.4) is 0 Å². The average molecular weight is 282 g/mol. The molecule has 0 radical (unpaired) electrons. The van der Waals surface area contributed by atoms with Crippen LogP contribution in [0, 0.1) is 0 Å². The summed E-state index contributed by atoms with van der Waals surface area (Å²) in [5.74, 6) is 0.00197. The molecule has 1 aliphatic carbocycles. The summed E-state index contributed by atoms with van der Waals surface area (Å²) >= 11 is 0. The van der Waals surface area contributed by atoms with E-state index in [9.17, 15) is 9.90 Å². The number of pyridine rings is 1. The Balaban J connectivity index is 1.73. The minimum atomic E-state index is -0.635. The van der Waals surface area contributed by atoms with Crippen LogP contribution in [-0.2, 0) is 0 Å². The zero-order chi connectivity index (χ0) is 14.4. The molecule has 2 aliphatic rings. The number of aliphatic hydroxyl groups is 1. The molecular formula is C17H18N2O2. The van der Waals surface area contributed by atoms with E-state index < -0.39 is 5.60 Å². The lowest BCUT2D eigenvalue weighted by Gasteiger charge is -2.29. The third-order valence-corrected chi connectivity index (χ3v) is 4.76. The monoisotopic (exact) mass is 282 g/mol. The molecular weight excluding hydrogens is 264 g/mol. The lowest BCUT2D eigenvalue weighted by molar-refractivity contribution is 0.0387. The standard InChI is InChI=1S/C17H18N2O2/c20-16(19-11-3-7-14(19)17(21)8-9-17)13-6-1-4-12-5-2-10-18-15(12)13/h1-2,4-6,10,14,21H,3,7-9,11H2. The highest BCUT2D eigenvalue weighted by atomic mass is 16.3. The Morgan fingerprint density at radius 3 is 2.90 bits per heavy atom. The highest BCUT2D eigenvalue weighted by Crippen LogP contribution is 2.45. The lowest BCUT2D eigenvalue weighted by atomic mass is 10.0. The Labute approximate surface area is 123 Å². The van der Waals surface area contributed by atoms with Gasteiger partial charge in [0.15, 0.2) is 0 Å². The van der Waals surface area contributed by atoms with Crippen LogP contribution in [0.1, 0.15) is 36.0 Å². The van der Waals surface area contributed by atoms with Gasteiger partial charge in [-0.1, -0.05) is 18.2 Å². The topological polar surface area (TPSA) is 53.4 Å². The molecule has 0 bridgehead atoms. The Morgan fingerprint density at radius 1 is 1.29 bits per heavy atom. The van der Waals surface area contributed by atoms with Crippen LogP contribution in [0.5, 0.6) is 0 Å². The van der Waals surface area contributed by atoms with Crippen molar-refractivity contribution >= 4 is 16.8 Å². The van der Waals surface area contributed by atoms with Gasteiger partial charge in [-0.15, -0.1) is 0 Å². The second-order valence-corrected chi connectivity index (χ2v) is 6.14. The number of carbonyl (C=O) groups excluding carboxylic acids is 1. The van der Waals surface area contributed by atoms with Crippen LogP contribution < -0.4 is 0 Å². The molecule has 1 unspecified atom stereocenters. The van der Waals surface area contributed by atoms with Gasteiger partial charge >= 0.3 is 0 Å². The summed E-state index contributed by atoms with van der Waals surface area (Å²) in [5, 5.41) is 11.4. The lowest BCUT2D eigenvalue weighted by Crippen LogP contribution is -2.44. The normalized spacial score (nSPS) is 23.5. The molecule has 1 saturated heterocycles. The number of para-hydroxylation sites is 1. The zero-order valence-corrected chi connectivity index (χ0v) is 11.8. The van der Waals surface area contributed by atoms with Crippen molar-refractivity contribution in [2.24, 2.45) is 0 Å². The quantitative estimate of drug-likeness (QED) is 0.920. The number of likely N-dealkylation sites (tertiary alicyclic amines) is 1. The molecule has 1 aromatic carbocycles. The fourth-order valence-electron chi connectivity index (χ4n) is 3.46. The highest BCUT2D eigenvalue weighted by Gasteiger charge is 2.52. The first-order chi connectivity index (χ1) is 10.2. The Kier molecular flexibility index (Phi) is 2.76. The van der Waals surface area contributed by atoms with E-state index in [2.05, 4.69) is 4.98 Å². The maximum absolute atomic E-state index is 12.9. The largest absolute Gasteiger partial charge is 0.388 e. The molecule has 1 atom stereocenters. The fraction of sp³-hybridized carbons (Fsp3) is 0.412. The van der Waals surface area contributed by atoms with Gasteiger partial charge in [-0.05, 0) is 37.8 Å². The molecule has 4 rings (SSSR count). The molecule has 2 aromatic rings.